The maximum Gasteiger partial charge on any atom is 0.318 e. The van der Waals surface area contributed by atoms with Crippen LogP contribution < -0.4 is 11.1 Å². The number of aromatic nitrogens is 2. The van der Waals surface area contributed by atoms with E-state index in [0.717, 1.165) is 29.7 Å². The van der Waals surface area contributed by atoms with Crippen LogP contribution in [0.15, 0.2) is 24.3 Å². The normalized spacial score (nSPS) is 12.3. The topological polar surface area (TPSA) is 90.0 Å². The number of fused-ring (bicyclic) bond motifs is 1. The Morgan fingerprint density at radius 2 is 2.10 bits per heavy atom. The molecule has 0 spiro atoms. The molecule has 2 aromatic rings. The smallest absolute Gasteiger partial charge is 0.318 e. The Morgan fingerprint density at radius 1 is 1.40 bits per heavy atom. The minimum atomic E-state index is -0.844. The zero-order valence-corrected chi connectivity index (χ0v) is 11.6. The summed E-state index contributed by atoms with van der Waals surface area (Å²) >= 11 is 0. The van der Waals surface area contributed by atoms with E-state index in [1.165, 1.54) is 0 Å². The summed E-state index contributed by atoms with van der Waals surface area (Å²) in [6.07, 6.45) is 1.69. The molecule has 0 fully saturated rings. The number of primary amides is 1. The summed E-state index contributed by atoms with van der Waals surface area (Å²) in [5.41, 5.74) is 6.72. The fourth-order valence-corrected chi connectivity index (χ4v) is 2.27. The zero-order chi connectivity index (χ0) is 14.7. The molecule has 3 N–H and O–H groups in total. The average molecular weight is 274 g/mol. The molecule has 0 bridgehead atoms. The van der Waals surface area contributed by atoms with E-state index < -0.39 is 18.0 Å². The maximum atomic E-state index is 12.0. The van der Waals surface area contributed by atoms with E-state index in [1.54, 1.807) is 6.92 Å². The van der Waals surface area contributed by atoms with Crippen molar-refractivity contribution in [3.05, 3.63) is 30.1 Å². The van der Waals surface area contributed by atoms with Crippen LogP contribution in [0, 0.1) is 0 Å². The number of imidazole rings is 1. The van der Waals surface area contributed by atoms with Gasteiger partial charge < -0.3 is 10.3 Å². The zero-order valence-electron chi connectivity index (χ0n) is 11.6. The van der Waals surface area contributed by atoms with Crippen LogP contribution in [-0.4, -0.2) is 21.5 Å². The van der Waals surface area contributed by atoms with Gasteiger partial charge in [0.2, 0.25) is 0 Å². The lowest BCUT2D eigenvalue weighted by Crippen LogP contribution is -2.39. The molecular formula is C14H18N4O2. The van der Waals surface area contributed by atoms with Crippen molar-refractivity contribution < 1.29 is 9.59 Å². The highest BCUT2D eigenvalue weighted by Crippen LogP contribution is 2.22. The van der Waals surface area contributed by atoms with Crippen molar-refractivity contribution in [2.75, 3.05) is 0 Å². The Kier molecular flexibility index (Phi) is 4.02. The van der Waals surface area contributed by atoms with Crippen LogP contribution in [0.3, 0.4) is 0 Å². The number of para-hydroxylation sites is 2. The summed E-state index contributed by atoms with van der Waals surface area (Å²) in [5.74, 6) is 0.402. The van der Waals surface area contributed by atoms with Crippen molar-refractivity contribution in [3.8, 4) is 0 Å². The molecule has 2 rings (SSSR count). The van der Waals surface area contributed by atoms with E-state index in [1.807, 2.05) is 28.8 Å². The summed E-state index contributed by atoms with van der Waals surface area (Å²) in [6, 6.07) is 6.23. The first-order valence-electron chi connectivity index (χ1n) is 6.60. The average Bonchev–Trinajstić information content (AvgIpc) is 2.75. The molecule has 0 saturated heterocycles. The number of nitrogens with zero attached hydrogens (tertiary/aromatic N) is 2. The number of hydrogen-bond donors (Lipinski definition) is 2. The SMILES string of the molecule is CCCc1nc2ccccc2n1C(C)C(=O)NC(N)=O. The van der Waals surface area contributed by atoms with E-state index in [2.05, 4.69) is 17.2 Å². The van der Waals surface area contributed by atoms with Crippen LogP contribution in [0.5, 0.6) is 0 Å². The number of nitrogens with two attached hydrogens (primary N) is 1. The van der Waals surface area contributed by atoms with Crippen LogP contribution >= 0.6 is 0 Å². The van der Waals surface area contributed by atoms with Crippen molar-refractivity contribution in [1.82, 2.24) is 14.9 Å². The molecule has 0 saturated carbocycles. The van der Waals surface area contributed by atoms with E-state index in [4.69, 9.17) is 5.73 Å². The minimum absolute atomic E-state index is 0.432. The van der Waals surface area contributed by atoms with Crippen LogP contribution in [0.1, 0.15) is 32.1 Å². The highest BCUT2D eigenvalue weighted by Gasteiger charge is 2.21. The Bertz CT molecular complexity index is 648. The second-order valence-electron chi connectivity index (χ2n) is 4.67. The van der Waals surface area contributed by atoms with Crippen LogP contribution in [0.25, 0.3) is 11.0 Å². The van der Waals surface area contributed by atoms with Gasteiger partial charge in [0.25, 0.3) is 5.91 Å². The van der Waals surface area contributed by atoms with Gasteiger partial charge in [0.1, 0.15) is 11.9 Å². The molecule has 6 heteroatoms. The summed E-state index contributed by atoms with van der Waals surface area (Å²) in [7, 11) is 0. The minimum Gasteiger partial charge on any atom is -0.351 e. The van der Waals surface area contributed by atoms with Gasteiger partial charge in [0, 0.05) is 6.42 Å². The number of carbonyl (C=O) groups excluding carboxylic acids is 2. The van der Waals surface area contributed by atoms with Gasteiger partial charge in [-0.3, -0.25) is 10.1 Å². The summed E-state index contributed by atoms with van der Waals surface area (Å²) in [6.45, 7) is 3.78. The molecule has 1 aromatic carbocycles. The second-order valence-corrected chi connectivity index (χ2v) is 4.67. The molecule has 1 aromatic heterocycles. The number of benzene rings is 1. The van der Waals surface area contributed by atoms with Crippen LogP contribution in [0.4, 0.5) is 4.79 Å². The summed E-state index contributed by atoms with van der Waals surface area (Å²) < 4.78 is 1.86. The molecule has 1 unspecified atom stereocenters. The molecule has 20 heavy (non-hydrogen) atoms. The van der Waals surface area contributed by atoms with Gasteiger partial charge >= 0.3 is 6.03 Å². The maximum absolute atomic E-state index is 12.0. The highest BCUT2D eigenvalue weighted by molar-refractivity contribution is 5.96. The van der Waals surface area contributed by atoms with Gasteiger partial charge in [-0.05, 0) is 25.5 Å². The molecule has 1 heterocycles. The number of urea groups is 1. The van der Waals surface area contributed by atoms with Crippen molar-refractivity contribution in [2.45, 2.75) is 32.7 Å². The third-order valence-electron chi connectivity index (χ3n) is 3.16. The van der Waals surface area contributed by atoms with Gasteiger partial charge in [-0.1, -0.05) is 19.1 Å². The first kappa shape index (κ1) is 14.0. The molecule has 0 aliphatic heterocycles. The highest BCUT2D eigenvalue weighted by atomic mass is 16.2. The monoisotopic (exact) mass is 274 g/mol. The standard InChI is InChI=1S/C14H18N4O2/c1-3-6-12-16-10-7-4-5-8-11(10)18(12)9(2)13(19)17-14(15)20/h4-5,7-9H,3,6H2,1-2H3,(H3,15,17,19,20). The number of carbonyl (C=O) groups is 2. The molecule has 106 valence electrons. The molecule has 1 atom stereocenters. The lowest BCUT2D eigenvalue weighted by atomic mass is 10.2. The van der Waals surface area contributed by atoms with Crippen LogP contribution in [-0.2, 0) is 11.2 Å². The van der Waals surface area contributed by atoms with Gasteiger partial charge in [-0.25, -0.2) is 9.78 Å². The summed E-state index contributed by atoms with van der Waals surface area (Å²) in [5, 5.41) is 2.12. The number of imide groups is 1. The number of hydrogen-bond acceptors (Lipinski definition) is 3. The van der Waals surface area contributed by atoms with Crippen molar-refractivity contribution in [3.63, 3.8) is 0 Å². The van der Waals surface area contributed by atoms with Crippen molar-refractivity contribution >= 4 is 23.0 Å². The predicted octanol–water partition coefficient (Wildman–Crippen LogP) is 1.74. The fraction of sp³-hybridized carbons (Fsp3) is 0.357. The quantitative estimate of drug-likeness (QED) is 0.889. The summed E-state index contributed by atoms with van der Waals surface area (Å²) in [4.78, 5) is 27.4. The van der Waals surface area contributed by atoms with Gasteiger partial charge in [0.15, 0.2) is 0 Å². The van der Waals surface area contributed by atoms with Gasteiger partial charge in [-0.2, -0.15) is 0 Å². The van der Waals surface area contributed by atoms with Crippen LogP contribution in [0.2, 0.25) is 0 Å². The molecule has 0 aliphatic rings. The van der Waals surface area contributed by atoms with E-state index >= 15 is 0 Å². The number of aryl methyl sites for hydroxylation is 1. The number of amides is 3. The Labute approximate surface area is 117 Å². The Morgan fingerprint density at radius 3 is 2.75 bits per heavy atom. The third-order valence-corrected chi connectivity index (χ3v) is 3.16. The van der Waals surface area contributed by atoms with E-state index in [9.17, 15) is 9.59 Å². The number of rotatable bonds is 4. The molecule has 3 amide bonds. The second kappa shape index (κ2) is 5.73. The Hall–Kier alpha value is -2.37. The molecule has 6 nitrogen and oxygen atoms in total. The van der Waals surface area contributed by atoms with Crippen molar-refractivity contribution in [1.29, 1.82) is 0 Å². The first-order chi connectivity index (χ1) is 9.54. The van der Waals surface area contributed by atoms with E-state index in [0.29, 0.717) is 0 Å². The molecule has 0 aliphatic carbocycles. The lowest BCUT2D eigenvalue weighted by molar-refractivity contribution is -0.122. The largest absolute Gasteiger partial charge is 0.351 e. The van der Waals surface area contributed by atoms with Crippen molar-refractivity contribution in [2.24, 2.45) is 5.73 Å². The Balaban J connectivity index is 2.47. The fourth-order valence-electron chi connectivity index (χ4n) is 2.27. The molecular weight excluding hydrogens is 256 g/mol. The predicted molar refractivity (Wildman–Crippen MR) is 76.2 cm³/mol. The van der Waals surface area contributed by atoms with Gasteiger partial charge in [-0.15, -0.1) is 0 Å². The third kappa shape index (κ3) is 2.64. The van der Waals surface area contributed by atoms with E-state index in [-0.39, 0.29) is 0 Å². The van der Waals surface area contributed by atoms with Gasteiger partial charge in [0.05, 0.1) is 11.0 Å². The molecule has 0 radical (unpaired) electrons. The number of nitrogens with one attached hydrogen (secondary N) is 1. The first-order valence-corrected chi connectivity index (χ1v) is 6.60. The lowest BCUT2D eigenvalue weighted by Gasteiger charge is -2.16.